The smallest absolute Gasteiger partial charge is 0.270 e. The van der Waals surface area contributed by atoms with Gasteiger partial charge in [-0.05, 0) is 39.8 Å². The van der Waals surface area contributed by atoms with E-state index in [0.29, 0.717) is 11.3 Å². The lowest BCUT2D eigenvalue weighted by Gasteiger charge is -2.20. The molecule has 0 saturated heterocycles. The lowest BCUT2D eigenvalue weighted by molar-refractivity contribution is -0.121. The maximum atomic E-state index is 12.4. The van der Waals surface area contributed by atoms with Crippen molar-refractivity contribution in [1.29, 1.82) is 0 Å². The van der Waals surface area contributed by atoms with Crippen LogP contribution in [0, 0.1) is 6.92 Å². The average Bonchev–Trinajstić information content (AvgIpc) is 2.43. The minimum absolute atomic E-state index is 0.0969. The van der Waals surface area contributed by atoms with Gasteiger partial charge in [-0.3, -0.25) is 18.8 Å². The lowest BCUT2D eigenvalue weighted by atomic mass is 10.1. The number of carbonyl (C=O) groups excluding carboxylic acids is 2. The zero-order valence-electron chi connectivity index (χ0n) is 13.6. The normalized spacial score (nSPS) is 11.3. The van der Waals surface area contributed by atoms with Crippen LogP contribution in [0.15, 0.2) is 29.2 Å². The molecule has 7 heteroatoms. The summed E-state index contributed by atoms with van der Waals surface area (Å²) < 4.78 is 1.37. The van der Waals surface area contributed by atoms with Crippen LogP contribution in [-0.4, -0.2) is 33.3 Å². The monoisotopic (exact) mass is 316 g/mol. The highest BCUT2D eigenvalue weighted by molar-refractivity contribution is 5.96. The molecule has 2 aromatic rings. The molecule has 2 heterocycles. The van der Waals surface area contributed by atoms with Gasteiger partial charge in [0, 0.05) is 17.4 Å². The van der Waals surface area contributed by atoms with Gasteiger partial charge < -0.3 is 10.6 Å². The zero-order chi connectivity index (χ0) is 17.2. The molecule has 0 aliphatic carbocycles. The molecule has 0 atom stereocenters. The Labute approximate surface area is 133 Å². The summed E-state index contributed by atoms with van der Waals surface area (Å²) in [7, 11) is 0. The third-order valence-electron chi connectivity index (χ3n) is 3.09. The summed E-state index contributed by atoms with van der Waals surface area (Å²) in [6.07, 6.45) is 1.23. The third-order valence-corrected chi connectivity index (χ3v) is 3.09. The molecule has 122 valence electrons. The Morgan fingerprint density at radius 2 is 1.96 bits per heavy atom. The second-order valence-corrected chi connectivity index (χ2v) is 6.32. The number of hydrogen-bond acceptors (Lipinski definition) is 4. The maximum absolute atomic E-state index is 12.4. The van der Waals surface area contributed by atoms with Crippen LogP contribution in [0.3, 0.4) is 0 Å². The van der Waals surface area contributed by atoms with E-state index in [-0.39, 0.29) is 23.6 Å². The van der Waals surface area contributed by atoms with Crippen LogP contribution in [0.1, 0.15) is 36.8 Å². The Morgan fingerprint density at radius 3 is 2.61 bits per heavy atom. The third kappa shape index (κ3) is 3.94. The summed E-state index contributed by atoms with van der Waals surface area (Å²) in [6.45, 7) is 7.08. The van der Waals surface area contributed by atoms with Gasteiger partial charge in [-0.25, -0.2) is 4.98 Å². The molecule has 0 unspecified atom stereocenters. The molecule has 23 heavy (non-hydrogen) atoms. The number of nitrogens with one attached hydrogen (secondary N) is 2. The van der Waals surface area contributed by atoms with Gasteiger partial charge in [-0.15, -0.1) is 0 Å². The summed E-state index contributed by atoms with van der Waals surface area (Å²) in [6, 6.07) is 5.23. The van der Waals surface area contributed by atoms with Crippen LogP contribution in [0.25, 0.3) is 5.65 Å². The van der Waals surface area contributed by atoms with E-state index in [4.69, 9.17) is 0 Å². The Hall–Kier alpha value is -2.70. The van der Waals surface area contributed by atoms with Crippen molar-refractivity contribution >= 4 is 17.5 Å². The van der Waals surface area contributed by atoms with Crippen molar-refractivity contribution in [2.45, 2.75) is 33.2 Å². The lowest BCUT2D eigenvalue weighted by Crippen LogP contribution is -2.46. The number of amides is 2. The van der Waals surface area contributed by atoms with Crippen LogP contribution in [0.5, 0.6) is 0 Å². The van der Waals surface area contributed by atoms with Crippen molar-refractivity contribution in [1.82, 2.24) is 20.0 Å². The van der Waals surface area contributed by atoms with Crippen LogP contribution in [0.2, 0.25) is 0 Å². The van der Waals surface area contributed by atoms with Crippen molar-refractivity contribution in [2.75, 3.05) is 6.54 Å². The first kappa shape index (κ1) is 16.7. The van der Waals surface area contributed by atoms with E-state index in [1.165, 1.54) is 10.6 Å². The second-order valence-electron chi connectivity index (χ2n) is 6.32. The molecule has 0 spiro atoms. The van der Waals surface area contributed by atoms with Crippen LogP contribution in [-0.2, 0) is 4.79 Å². The molecule has 2 rings (SSSR count). The summed E-state index contributed by atoms with van der Waals surface area (Å²) >= 11 is 0. The standard InChI is InChI=1S/C16H20N4O3/c1-10-6-5-7-12-17-8-11(15(23)20(10)12)14(22)18-9-13(21)19-16(2,3)4/h5-8H,9H2,1-4H3,(H,18,22)(H,19,21). The second kappa shape index (κ2) is 6.20. The van der Waals surface area contributed by atoms with Gasteiger partial charge in [-0.1, -0.05) is 6.07 Å². The molecule has 0 bridgehead atoms. The predicted molar refractivity (Wildman–Crippen MR) is 86.4 cm³/mol. The van der Waals surface area contributed by atoms with Crippen molar-refractivity contribution in [3.8, 4) is 0 Å². The SMILES string of the molecule is Cc1cccc2ncc(C(=O)NCC(=O)NC(C)(C)C)c(=O)n12. The first-order valence-corrected chi connectivity index (χ1v) is 7.25. The van der Waals surface area contributed by atoms with Gasteiger partial charge in [0.05, 0.1) is 6.54 Å². The number of aromatic nitrogens is 2. The summed E-state index contributed by atoms with van der Waals surface area (Å²) in [4.78, 5) is 40.4. The molecule has 2 amide bonds. The summed E-state index contributed by atoms with van der Waals surface area (Å²) in [5.41, 5.74) is 0.211. The molecular weight excluding hydrogens is 296 g/mol. The van der Waals surface area contributed by atoms with Crippen molar-refractivity contribution in [2.24, 2.45) is 0 Å². The highest BCUT2D eigenvalue weighted by Gasteiger charge is 2.17. The van der Waals surface area contributed by atoms with E-state index >= 15 is 0 Å². The van der Waals surface area contributed by atoms with Crippen molar-refractivity contribution in [3.63, 3.8) is 0 Å². The predicted octanol–water partition coefficient (Wildman–Crippen LogP) is 0.647. The fraction of sp³-hybridized carbons (Fsp3) is 0.375. The highest BCUT2D eigenvalue weighted by Crippen LogP contribution is 2.02. The molecule has 0 aliphatic rings. The van der Waals surface area contributed by atoms with E-state index in [1.807, 2.05) is 20.8 Å². The van der Waals surface area contributed by atoms with Crippen LogP contribution < -0.4 is 16.2 Å². The number of pyridine rings is 1. The molecule has 2 N–H and O–H groups in total. The minimum Gasteiger partial charge on any atom is -0.350 e. The van der Waals surface area contributed by atoms with Gasteiger partial charge in [0.2, 0.25) is 5.91 Å². The fourth-order valence-corrected chi connectivity index (χ4v) is 2.15. The van der Waals surface area contributed by atoms with E-state index in [9.17, 15) is 14.4 Å². The van der Waals surface area contributed by atoms with Gasteiger partial charge >= 0.3 is 0 Å². The minimum atomic E-state index is -0.621. The largest absolute Gasteiger partial charge is 0.350 e. The van der Waals surface area contributed by atoms with E-state index in [2.05, 4.69) is 15.6 Å². The average molecular weight is 316 g/mol. The Balaban J connectivity index is 2.19. The van der Waals surface area contributed by atoms with E-state index in [0.717, 1.165) is 0 Å². The topological polar surface area (TPSA) is 92.6 Å². The molecule has 0 aromatic carbocycles. The molecule has 0 saturated carbocycles. The number of carbonyl (C=O) groups is 2. The fourth-order valence-electron chi connectivity index (χ4n) is 2.15. The molecule has 7 nitrogen and oxygen atoms in total. The molecule has 0 aliphatic heterocycles. The van der Waals surface area contributed by atoms with Crippen molar-refractivity contribution < 1.29 is 9.59 Å². The summed E-state index contributed by atoms with van der Waals surface area (Å²) in [5.74, 6) is -0.944. The number of nitrogens with zero attached hydrogens (tertiary/aromatic N) is 2. The first-order valence-electron chi connectivity index (χ1n) is 7.25. The van der Waals surface area contributed by atoms with E-state index in [1.54, 1.807) is 25.1 Å². The number of rotatable bonds is 3. The van der Waals surface area contributed by atoms with Gasteiger partial charge in [-0.2, -0.15) is 0 Å². The number of hydrogen-bond donors (Lipinski definition) is 2. The van der Waals surface area contributed by atoms with Crippen LogP contribution in [0.4, 0.5) is 0 Å². The first-order chi connectivity index (χ1) is 10.7. The van der Waals surface area contributed by atoms with Gasteiger partial charge in [0.1, 0.15) is 11.2 Å². The quantitative estimate of drug-likeness (QED) is 0.869. The molecule has 2 aromatic heterocycles. The Kier molecular flexibility index (Phi) is 4.49. The molecule has 0 radical (unpaired) electrons. The number of aryl methyl sites for hydroxylation is 1. The van der Waals surface area contributed by atoms with Crippen molar-refractivity contribution in [3.05, 3.63) is 46.0 Å². The number of fused-ring (bicyclic) bond motifs is 1. The van der Waals surface area contributed by atoms with Gasteiger partial charge in [0.15, 0.2) is 0 Å². The van der Waals surface area contributed by atoms with E-state index < -0.39 is 11.5 Å². The molecular formula is C16H20N4O3. The summed E-state index contributed by atoms with van der Waals surface area (Å²) in [5, 5.41) is 5.17. The highest BCUT2D eigenvalue weighted by atomic mass is 16.2. The Morgan fingerprint density at radius 1 is 1.26 bits per heavy atom. The van der Waals surface area contributed by atoms with Crippen LogP contribution >= 0.6 is 0 Å². The molecule has 0 fully saturated rings. The van der Waals surface area contributed by atoms with Gasteiger partial charge in [0.25, 0.3) is 11.5 Å². The Bertz CT molecular complexity index is 818. The zero-order valence-corrected chi connectivity index (χ0v) is 13.6. The maximum Gasteiger partial charge on any atom is 0.270 e.